The van der Waals surface area contributed by atoms with Gasteiger partial charge in [-0.15, -0.1) is 0 Å². The number of nitrogens with zero attached hydrogens (tertiary/aromatic N) is 2. The molecule has 1 aromatic rings. The molecular formula is C13H20N2O2. The lowest BCUT2D eigenvalue weighted by molar-refractivity contribution is 0.111. The number of piperidine rings is 1. The molecule has 0 saturated carbocycles. The monoisotopic (exact) mass is 236 g/mol. The van der Waals surface area contributed by atoms with Crippen LogP contribution < -0.4 is 0 Å². The van der Waals surface area contributed by atoms with E-state index in [9.17, 15) is 4.79 Å². The van der Waals surface area contributed by atoms with Gasteiger partial charge in [0, 0.05) is 18.5 Å². The predicted molar refractivity (Wildman–Crippen MR) is 65.0 cm³/mol. The van der Waals surface area contributed by atoms with Crippen molar-refractivity contribution in [3.05, 3.63) is 17.5 Å². The van der Waals surface area contributed by atoms with Gasteiger partial charge in [-0.1, -0.05) is 5.16 Å². The molecule has 2 rings (SSSR count). The molecule has 0 atom stereocenters. The third-order valence-electron chi connectivity index (χ3n) is 3.57. The molecule has 0 aliphatic carbocycles. The van der Waals surface area contributed by atoms with Gasteiger partial charge in [0.05, 0.1) is 0 Å². The highest BCUT2D eigenvalue weighted by Gasteiger charge is 2.22. The van der Waals surface area contributed by atoms with E-state index < -0.39 is 0 Å². The Bertz CT molecular complexity index is 365. The summed E-state index contributed by atoms with van der Waals surface area (Å²) in [4.78, 5) is 13.0. The van der Waals surface area contributed by atoms with Crippen molar-refractivity contribution in [2.75, 3.05) is 13.1 Å². The molecule has 1 aliphatic rings. The Labute approximate surface area is 102 Å². The van der Waals surface area contributed by atoms with Crippen LogP contribution >= 0.6 is 0 Å². The number of carbonyl (C=O) groups is 1. The van der Waals surface area contributed by atoms with E-state index in [1.807, 2.05) is 0 Å². The van der Waals surface area contributed by atoms with E-state index in [0.717, 1.165) is 31.6 Å². The average molecular weight is 236 g/mol. The molecule has 0 bridgehead atoms. The number of aromatic nitrogens is 1. The topological polar surface area (TPSA) is 46.3 Å². The van der Waals surface area contributed by atoms with Crippen molar-refractivity contribution in [2.24, 2.45) is 5.92 Å². The van der Waals surface area contributed by atoms with Crippen LogP contribution in [0.1, 0.15) is 42.9 Å². The Balaban J connectivity index is 1.83. The van der Waals surface area contributed by atoms with Crippen LogP contribution in [0.3, 0.4) is 0 Å². The third kappa shape index (κ3) is 3.16. The van der Waals surface area contributed by atoms with E-state index >= 15 is 0 Å². The normalized spacial score (nSPS) is 18.8. The van der Waals surface area contributed by atoms with Crippen LogP contribution in [-0.4, -0.2) is 35.5 Å². The fourth-order valence-electron chi connectivity index (χ4n) is 2.44. The predicted octanol–water partition coefficient (Wildman–Crippen LogP) is 2.15. The highest BCUT2D eigenvalue weighted by atomic mass is 16.5. The zero-order valence-corrected chi connectivity index (χ0v) is 10.6. The van der Waals surface area contributed by atoms with Crippen molar-refractivity contribution in [1.29, 1.82) is 0 Å². The summed E-state index contributed by atoms with van der Waals surface area (Å²) in [7, 11) is 0. The summed E-state index contributed by atoms with van der Waals surface area (Å²) in [6.07, 6.45) is 4.05. The quantitative estimate of drug-likeness (QED) is 0.751. The standard InChI is InChI=1S/C13H20N2O2/c1-10(2)15-5-3-11(4-6-15)7-13-8-12(9-16)14-17-13/h8-11H,3-7H2,1-2H3. The van der Waals surface area contributed by atoms with Gasteiger partial charge in [-0.25, -0.2) is 0 Å². The summed E-state index contributed by atoms with van der Waals surface area (Å²) < 4.78 is 5.14. The van der Waals surface area contributed by atoms with Gasteiger partial charge >= 0.3 is 0 Å². The second-order valence-electron chi connectivity index (χ2n) is 5.11. The molecule has 0 N–H and O–H groups in total. The first-order valence-electron chi connectivity index (χ1n) is 6.34. The van der Waals surface area contributed by atoms with Gasteiger partial charge in [0.2, 0.25) is 0 Å². The molecule has 0 radical (unpaired) electrons. The zero-order valence-electron chi connectivity index (χ0n) is 10.6. The molecule has 94 valence electrons. The Hall–Kier alpha value is -1.16. The second kappa shape index (κ2) is 5.45. The van der Waals surface area contributed by atoms with Gasteiger partial charge < -0.3 is 9.42 Å². The zero-order chi connectivity index (χ0) is 12.3. The van der Waals surface area contributed by atoms with Crippen molar-refractivity contribution in [1.82, 2.24) is 10.1 Å². The van der Waals surface area contributed by atoms with Crippen molar-refractivity contribution >= 4 is 6.29 Å². The molecule has 0 unspecified atom stereocenters. The average Bonchev–Trinajstić information content (AvgIpc) is 2.77. The van der Waals surface area contributed by atoms with E-state index in [1.54, 1.807) is 6.07 Å². The number of rotatable bonds is 4. The van der Waals surface area contributed by atoms with Gasteiger partial charge in [0.15, 0.2) is 6.29 Å². The summed E-state index contributed by atoms with van der Waals surface area (Å²) in [6.45, 7) is 6.81. The molecule has 0 aromatic carbocycles. The second-order valence-corrected chi connectivity index (χ2v) is 5.11. The lowest BCUT2D eigenvalue weighted by atomic mass is 9.92. The first kappa shape index (κ1) is 12.3. The van der Waals surface area contributed by atoms with E-state index in [0.29, 0.717) is 17.7 Å². The van der Waals surface area contributed by atoms with Crippen molar-refractivity contribution in [3.8, 4) is 0 Å². The highest BCUT2D eigenvalue weighted by Crippen LogP contribution is 2.22. The van der Waals surface area contributed by atoms with Crippen LogP contribution in [-0.2, 0) is 6.42 Å². The lowest BCUT2D eigenvalue weighted by Gasteiger charge is -2.34. The summed E-state index contributed by atoms with van der Waals surface area (Å²) in [5.41, 5.74) is 0.402. The Kier molecular flexibility index (Phi) is 3.94. The van der Waals surface area contributed by atoms with Crippen molar-refractivity contribution in [2.45, 2.75) is 39.2 Å². The van der Waals surface area contributed by atoms with Crippen LogP contribution in [0.25, 0.3) is 0 Å². The summed E-state index contributed by atoms with van der Waals surface area (Å²) >= 11 is 0. The first-order valence-corrected chi connectivity index (χ1v) is 6.34. The fourth-order valence-corrected chi connectivity index (χ4v) is 2.44. The number of likely N-dealkylation sites (tertiary alicyclic amines) is 1. The lowest BCUT2D eigenvalue weighted by Crippen LogP contribution is -2.38. The smallest absolute Gasteiger partial charge is 0.171 e. The molecule has 4 heteroatoms. The molecule has 2 heterocycles. The molecular weight excluding hydrogens is 216 g/mol. The molecule has 0 amide bonds. The molecule has 1 aliphatic heterocycles. The Morgan fingerprint density at radius 3 is 2.76 bits per heavy atom. The van der Waals surface area contributed by atoms with Crippen LogP contribution in [0.2, 0.25) is 0 Å². The van der Waals surface area contributed by atoms with Crippen LogP contribution in [0.4, 0.5) is 0 Å². The summed E-state index contributed by atoms with van der Waals surface area (Å²) in [6, 6.07) is 2.39. The van der Waals surface area contributed by atoms with Gasteiger partial charge in [-0.05, 0) is 45.7 Å². The van der Waals surface area contributed by atoms with Gasteiger partial charge in [-0.2, -0.15) is 0 Å². The highest BCUT2D eigenvalue weighted by molar-refractivity contribution is 5.71. The van der Waals surface area contributed by atoms with Crippen LogP contribution in [0, 0.1) is 5.92 Å². The maximum absolute atomic E-state index is 10.5. The summed E-state index contributed by atoms with van der Waals surface area (Å²) in [5, 5.41) is 3.69. The minimum atomic E-state index is 0.402. The van der Waals surface area contributed by atoms with Crippen LogP contribution in [0.5, 0.6) is 0 Å². The molecule has 1 aromatic heterocycles. The molecule has 4 nitrogen and oxygen atoms in total. The van der Waals surface area contributed by atoms with Crippen molar-refractivity contribution in [3.63, 3.8) is 0 Å². The number of hydrogen-bond donors (Lipinski definition) is 0. The minimum absolute atomic E-state index is 0.402. The molecule has 17 heavy (non-hydrogen) atoms. The number of hydrogen-bond acceptors (Lipinski definition) is 4. The molecule has 1 fully saturated rings. The van der Waals surface area contributed by atoms with E-state index in [-0.39, 0.29) is 0 Å². The van der Waals surface area contributed by atoms with E-state index in [2.05, 4.69) is 23.9 Å². The van der Waals surface area contributed by atoms with Crippen LogP contribution in [0.15, 0.2) is 10.6 Å². The third-order valence-corrected chi connectivity index (χ3v) is 3.57. The van der Waals surface area contributed by atoms with Gasteiger partial charge in [-0.3, -0.25) is 4.79 Å². The Morgan fingerprint density at radius 1 is 1.53 bits per heavy atom. The van der Waals surface area contributed by atoms with Gasteiger partial charge in [0.25, 0.3) is 0 Å². The molecule has 0 spiro atoms. The summed E-state index contributed by atoms with van der Waals surface area (Å²) in [5.74, 6) is 1.51. The number of aldehydes is 1. The molecule has 1 saturated heterocycles. The van der Waals surface area contributed by atoms with Crippen molar-refractivity contribution < 1.29 is 9.32 Å². The van der Waals surface area contributed by atoms with E-state index in [1.165, 1.54) is 12.8 Å². The largest absolute Gasteiger partial charge is 0.361 e. The fraction of sp³-hybridized carbons (Fsp3) is 0.692. The SMILES string of the molecule is CC(C)N1CCC(Cc2cc(C=O)no2)CC1. The number of carbonyl (C=O) groups excluding carboxylic acids is 1. The minimum Gasteiger partial charge on any atom is -0.361 e. The maximum Gasteiger partial charge on any atom is 0.171 e. The maximum atomic E-state index is 10.5. The Morgan fingerprint density at radius 2 is 2.24 bits per heavy atom. The first-order chi connectivity index (χ1) is 8.19. The van der Waals surface area contributed by atoms with E-state index in [4.69, 9.17) is 4.52 Å². The van der Waals surface area contributed by atoms with Gasteiger partial charge in [0.1, 0.15) is 11.5 Å².